The van der Waals surface area contributed by atoms with Crippen LogP contribution in [-0.4, -0.2) is 21.3 Å². The zero-order valence-corrected chi connectivity index (χ0v) is 7.03. The van der Waals surface area contributed by atoms with Crippen molar-refractivity contribution in [3.05, 3.63) is 10.4 Å². The summed E-state index contributed by atoms with van der Waals surface area (Å²) in [7, 11) is 0. The molecule has 1 atom stereocenters. The Hall–Kier alpha value is -1.76. The van der Waals surface area contributed by atoms with E-state index in [0.717, 1.165) is 0 Å². The van der Waals surface area contributed by atoms with E-state index in [1.54, 1.807) is 0 Å². The molecular weight excluding hydrogens is 174 g/mol. The molecule has 72 valence electrons. The number of aliphatic hydroxyl groups is 1. The van der Waals surface area contributed by atoms with Crippen molar-refractivity contribution in [2.75, 3.05) is 16.8 Å². The van der Waals surface area contributed by atoms with E-state index in [2.05, 4.69) is 15.3 Å². The maximum absolute atomic E-state index is 11.0. The van der Waals surface area contributed by atoms with E-state index >= 15 is 0 Å². The van der Waals surface area contributed by atoms with Crippen molar-refractivity contribution in [2.45, 2.75) is 13.2 Å². The molecule has 0 bridgehead atoms. The minimum absolute atomic E-state index is 0.0631. The van der Waals surface area contributed by atoms with E-state index in [1.807, 2.05) is 0 Å². The molecule has 0 radical (unpaired) electrons. The molecular formula is C6H11N5O2. The van der Waals surface area contributed by atoms with Crippen LogP contribution in [0.5, 0.6) is 0 Å². The fourth-order valence-corrected chi connectivity index (χ4v) is 0.766. The fourth-order valence-electron chi connectivity index (χ4n) is 0.766. The minimum Gasteiger partial charge on any atom is -0.391 e. The van der Waals surface area contributed by atoms with Crippen LogP contribution in [0.1, 0.15) is 6.92 Å². The molecule has 7 nitrogen and oxygen atoms in total. The van der Waals surface area contributed by atoms with Gasteiger partial charge in [0.2, 0.25) is 5.95 Å². The van der Waals surface area contributed by atoms with Crippen LogP contribution in [0.2, 0.25) is 0 Å². The van der Waals surface area contributed by atoms with Gasteiger partial charge in [0.1, 0.15) is 11.9 Å². The van der Waals surface area contributed by atoms with E-state index in [0.29, 0.717) is 0 Å². The zero-order chi connectivity index (χ0) is 10.0. The van der Waals surface area contributed by atoms with Crippen molar-refractivity contribution in [1.29, 1.82) is 0 Å². The highest BCUT2D eigenvalue weighted by molar-refractivity contribution is 5.58. The summed E-state index contributed by atoms with van der Waals surface area (Å²) >= 11 is 0. The molecule has 7 N–H and O–H groups in total. The van der Waals surface area contributed by atoms with Crippen LogP contribution in [0.25, 0.3) is 0 Å². The maximum atomic E-state index is 11.0. The third-order valence-electron chi connectivity index (χ3n) is 1.33. The third-order valence-corrected chi connectivity index (χ3v) is 1.33. The average molecular weight is 185 g/mol. The van der Waals surface area contributed by atoms with Crippen molar-refractivity contribution >= 4 is 17.5 Å². The van der Waals surface area contributed by atoms with E-state index in [4.69, 9.17) is 16.6 Å². The first kappa shape index (κ1) is 9.33. The summed E-state index contributed by atoms with van der Waals surface area (Å²) in [4.78, 5) is 17.0. The van der Waals surface area contributed by atoms with Crippen molar-refractivity contribution in [3.8, 4) is 0 Å². The number of aromatic amines is 1. The first-order valence-electron chi connectivity index (χ1n) is 3.60. The number of hydrogen-bond acceptors (Lipinski definition) is 6. The second-order valence-electron chi connectivity index (χ2n) is 2.53. The van der Waals surface area contributed by atoms with Gasteiger partial charge in [-0.2, -0.15) is 4.98 Å². The molecule has 0 amide bonds. The largest absolute Gasteiger partial charge is 0.391 e. The van der Waals surface area contributed by atoms with Gasteiger partial charge in [0, 0.05) is 0 Å². The lowest BCUT2D eigenvalue weighted by molar-refractivity contribution is 0.223. The smallest absolute Gasteiger partial charge is 0.277 e. The minimum atomic E-state index is -0.828. The van der Waals surface area contributed by atoms with Gasteiger partial charge >= 0.3 is 0 Å². The third kappa shape index (κ3) is 2.09. The van der Waals surface area contributed by atoms with E-state index in [-0.39, 0.29) is 17.5 Å². The Bertz CT molecular complexity index is 359. The molecule has 0 saturated carbocycles. The van der Waals surface area contributed by atoms with E-state index in [1.165, 1.54) is 6.92 Å². The summed E-state index contributed by atoms with van der Waals surface area (Å²) in [5, 5.41) is 11.4. The molecule has 13 heavy (non-hydrogen) atoms. The SMILES string of the molecule is CC(O)Nc1nc(N)c(N)c(=O)[nH]1. The van der Waals surface area contributed by atoms with Crippen LogP contribution in [-0.2, 0) is 0 Å². The van der Waals surface area contributed by atoms with Gasteiger partial charge in [0.15, 0.2) is 5.82 Å². The van der Waals surface area contributed by atoms with Crippen LogP contribution in [0.15, 0.2) is 4.79 Å². The van der Waals surface area contributed by atoms with Crippen LogP contribution in [0.4, 0.5) is 17.5 Å². The lowest BCUT2D eigenvalue weighted by Gasteiger charge is -2.08. The van der Waals surface area contributed by atoms with Gasteiger partial charge in [-0.15, -0.1) is 0 Å². The molecule has 0 aliphatic carbocycles. The second-order valence-corrected chi connectivity index (χ2v) is 2.53. The average Bonchev–Trinajstić information content (AvgIpc) is 1.98. The summed E-state index contributed by atoms with van der Waals surface area (Å²) in [6, 6.07) is 0. The summed E-state index contributed by atoms with van der Waals surface area (Å²) in [6.45, 7) is 1.48. The molecule has 7 heteroatoms. The monoisotopic (exact) mass is 185 g/mol. The number of aromatic nitrogens is 2. The van der Waals surface area contributed by atoms with Crippen molar-refractivity contribution < 1.29 is 5.11 Å². The van der Waals surface area contributed by atoms with Gasteiger partial charge in [0.05, 0.1) is 0 Å². The molecule has 1 heterocycles. The van der Waals surface area contributed by atoms with Crippen molar-refractivity contribution in [3.63, 3.8) is 0 Å². The molecule has 0 saturated heterocycles. The second kappa shape index (κ2) is 3.31. The van der Waals surface area contributed by atoms with Gasteiger partial charge in [0.25, 0.3) is 5.56 Å². The lowest BCUT2D eigenvalue weighted by atomic mass is 10.5. The molecule has 1 aromatic rings. The highest BCUT2D eigenvalue weighted by atomic mass is 16.3. The standard InChI is InChI=1S/C6H11N5O2/c1-2(12)9-6-10-4(8)3(7)5(13)11-6/h2,12H,7H2,1H3,(H4,8,9,10,11,13). The maximum Gasteiger partial charge on any atom is 0.277 e. The zero-order valence-electron chi connectivity index (χ0n) is 7.03. The molecule has 0 spiro atoms. The molecule has 0 aromatic carbocycles. The highest BCUT2D eigenvalue weighted by Crippen LogP contribution is 2.06. The van der Waals surface area contributed by atoms with E-state index < -0.39 is 11.8 Å². The van der Waals surface area contributed by atoms with Crippen molar-refractivity contribution in [1.82, 2.24) is 9.97 Å². The number of aliphatic hydroxyl groups excluding tert-OH is 1. The molecule has 0 aliphatic rings. The highest BCUT2D eigenvalue weighted by Gasteiger charge is 2.05. The van der Waals surface area contributed by atoms with Gasteiger partial charge in [-0.25, -0.2) is 0 Å². The predicted molar refractivity (Wildman–Crippen MR) is 49.0 cm³/mol. The number of nitrogens with zero attached hydrogens (tertiary/aromatic N) is 1. The molecule has 0 fully saturated rings. The first-order valence-corrected chi connectivity index (χ1v) is 3.60. The quantitative estimate of drug-likeness (QED) is 0.363. The molecule has 1 aromatic heterocycles. The van der Waals surface area contributed by atoms with Crippen LogP contribution in [0, 0.1) is 0 Å². The summed E-state index contributed by atoms with van der Waals surface area (Å²) in [6.07, 6.45) is -0.828. The Morgan fingerprint density at radius 2 is 2.23 bits per heavy atom. The molecule has 0 aliphatic heterocycles. The lowest BCUT2D eigenvalue weighted by Crippen LogP contribution is -2.22. The normalized spacial score (nSPS) is 12.5. The Morgan fingerprint density at radius 3 is 2.69 bits per heavy atom. The van der Waals surface area contributed by atoms with Crippen molar-refractivity contribution in [2.24, 2.45) is 0 Å². The fraction of sp³-hybridized carbons (Fsp3) is 0.333. The van der Waals surface area contributed by atoms with Crippen LogP contribution in [0.3, 0.4) is 0 Å². The van der Waals surface area contributed by atoms with Gasteiger partial charge in [-0.05, 0) is 6.92 Å². The Labute approximate surface area is 73.8 Å². The van der Waals surface area contributed by atoms with Gasteiger partial charge in [-0.1, -0.05) is 0 Å². The summed E-state index contributed by atoms with van der Waals surface area (Å²) < 4.78 is 0. The number of nitrogens with one attached hydrogen (secondary N) is 2. The Morgan fingerprint density at radius 1 is 1.62 bits per heavy atom. The van der Waals surface area contributed by atoms with Crippen LogP contribution < -0.4 is 22.3 Å². The summed E-state index contributed by atoms with van der Waals surface area (Å²) in [5.41, 5.74) is 9.92. The summed E-state index contributed by atoms with van der Waals surface area (Å²) in [5.74, 6) is 0.0265. The number of anilines is 3. The van der Waals surface area contributed by atoms with Crippen LogP contribution >= 0.6 is 0 Å². The van der Waals surface area contributed by atoms with Gasteiger partial charge in [-0.3, -0.25) is 9.78 Å². The number of H-pyrrole nitrogens is 1. The number of hydrogen-bond donors (Lipinski definition) is 5. The number of rotatable bonds is 2. The Kier molecular flexibility index (Phi) is 2.38. The molecule has 1 rings (SSSR count). The Balaban J connectivity index is 3.06. The van der Waals surface area contributed by atoms with Gasteiger partial charge < -0.3 is 21.9 Å². The molecule has 1 unspecified atom stereocenters. The van der Waals surface area contributed by atoms with E-state index in [9.17, 15) is 4.79 Å². The topological polar surface area (TPSA) is 130 Å². The number of nitrogens with two attached hydrogens (primary N) is 2. The predicted octanol–water partition coefficient (Wildman–Crippen LogP) is -1.32. The number of nitrogen functional groups attached to an aromatic ring is 2. The first-order chi connectivity index (χ1) is 6.00.